The van der Waals surface area contributed by atoms with Crippen LogP contribution in [0.1, 0.15) is 52.4 Å². The molecule has 2 N–H and O–H groups in total. The Hall–Kier alpha value is -2.90. The summed E-state index contributed by atoms with van der Waals surface area (Å²) < 4.78 is 66.4. The van der Waals surface area contributed by atoms with E-state index in [0.29, 0.717) is 10.6 Å². The Bertz CT molecular complexity index is 1320. The molecule has 0 aliphatic heterocycles. The second-order valence-electron chi connectivity index (χ2n) is 7.95. The van der Waals surface area contributed by atoms with Crippen molar-refractivity contribution in [3.05, 3.63) is 58.6 Å². The summed E-state index contributed by atoms with van der Waals surface area (Å²) in [4.78, 5) is 24.7. The second-order valence-corrected chi connectivity index (χ2v) is 10.9. The van der Waals surface area contributed by atoms with E-state index in [-0.39, 0.29) is 22.1 Å². The zero-order valence-corrected chi connectivity index (χ0v) is 19.7. The van der Waals surface area contributed by atoms with Gasteiger partial charge in [0.15, 0.2) is 0 Å². The Morgan fingerprint density at radius 2 is 1.79 bits per heavy atom. The largest absolute Gasteiger partial charge is 0.451 e. The number of aryl methyl sites for hydroxylation is 1. The number of carbonyl (C=O) groups is 1. The van der Waals surface area contributed by atoms with Crippen LogP contribution in [0.2, 0.25) is 0 Å². The summed E-state index contributed by atoms with van der Waals surface area (Å²) in [6.45, 7) is 3.42. The smallest absolute Gasteiger partial charge is 0.345 e. The zero-order chi connectivity index (χ0) is 24.7. The first-order chi connectivity index (χ1) is 15.9. The number of thiazole rings is 1. The summed E-state index contributed by atoms with van der Waals surface area (Å²) in [5.41, 5.74) is 0.796. The quantitative estimate of drug-likeness (QED) is 0.498. The predicted octanol–water partition coefficient (Wildman–Crippen LogP) is 3.86. The third-order valence-corrected chi connectivity index (χ3v) is 7.48. The Balaban J connectivity index is 1.62. The maximum absolute atomic E-state index is 13.0. The summed E-state index contributed by atoms with van der Waals surface area (Å²) in [6, 6.07) is 3.41. The van der Waals surface area contributed by atoms with Crippen molar-refractivity contribution < 1.29 is 26.4 Å². The van der Waals surface area contributed by atoms with Crippen molar-refractivity contribution in [2.24, 2.45) is 0 Å². The van der Waals surface area contributed by atoms with Crippen LogP contribution in [0.5, 0.6) is 0 Å². The summed E-state index contributed by atoms with van der Waals surface area (Å²) >= 11 is 1.35. The Kier molecular flexibility index (Phi) is 6.44. The highest BCUT2D eigenvalue weighted by Crippen LogP contribution is 2.30. The van der Waals surface area contributed by atoms with E-state index < -0.39 is 34.0 Å². The number of aromatic nitrogens is 3. The number of halogens is 3. The van der Waals surface area contributed by atoms with Gasteiger partial charge in [-0.05, 0) is 44.9 Å². The van der Waals surface area contributed by atoms with Crippen LogP contribution in [0.15, 0.2) is 41.7 Å². The van der Waals surface area contributed by atoms with Gasteiger partial charge in [-0.25, -0.2) is 28.1 Å². The number of rotatable bonds is 7. The highest BCUT2D eigenvalue weighted by atomic mass is 32.2. The van der Waals surface area contributed by atoms with Crippen molar-refractivity contribution in [1.82, 2.24) is 25.0 Å². The number of sulfonamides is 1. The SMILES string of the molecule is Cc1cnc(-c2cc(C(=O)NC(C)c3cnc(C(F)(F)F)nc3)cc(S(=O)(=O)NC3CC3)c2)s1. The van der Waals surface area contributed by atoms with Gasteiger partial charge in [0.2, 0.25) is 15.8 Å². The van der Waals surface area contributed by atoms with Crippen molar-refractivity contribution in [3.63, 3.8) is 0 Å². The van der Waals surface area contributed by atoms with E-state index in [1.165, 1.54) is 29.5 Å². The standard InChI is InChI=1S/C21H20F3N5O3S2/c1-11-8-25-19(33-11)14-5-13(6-17(7-14)34(31,32)29-16-3-4-16)18(30)28-12(2)15-9-26-20(27-10-15)21(22,23)24/h5-10,12,16,29H,3-4H2,1-2H3,(H,28,30). The molecular formula is C21H20F3N5O3S2. The van der Waals surface area contributed by atoms with Crippen molar-refractivity contribution >= 4 is 27.3 Å². The molecular weight excluding hydrogens is 491 g/mol. The Morgan fingerprint density at radius 3 is 2.35 bits per heavy atom. The molecule has 1 fully saturated rings. The highest BCUT2D eigenvalue weighted by molar-refractivity contribution is 7.89. The van der Waals surface area contributed by atoms with Gasteiger partial charge in [-0.15, -0.1) is 11.3 Å². The van der Waals surface area contributed by atoms with Gasteiger partial charge in [0, 0.05) is 46.2 Å². The number of hydrogen-bond donors (Lipinski definition) is 2. The summed E-state index contributed by atoms with van der Waals surface area (Å²) in [6.07, 6.45) is 0.470. The van der Waals surface area contributed by atoms with E-state index >= 15 is 0 Å². The Morgan fingerprint density at radius 1 is 1.12 bits per heavy atom. The monoisotopic (exact) mass is 511 g/mol. The molecule has 1 saturated carbocycles. The van der Waals surface area contributed by atoms with Crippen LogP contribution in [0.3, 0.4) is 0 Å². The number of nitrogens with zero attached hydrogens (tertiary/aromatic N) is 3. The molecule has 0 radical (unpaired) electrons. The molecule has 3 aromatic rings. The molecule has 1 atom stereocenters. The molecule has 0 bridgehead atoms. The van der Waals surface area contributed by atoms with E-state index in [1.807, 2.05) is 6.92 Å². The number of nitrogens with one attached hydrogen (secondary N) is 2. The topological polar surface area (TPSA) is 114 Å². The third-order valence-electron chi connectivity index (χ3n) is 5.02. The van der Waals surface area contributed by atoms with E-state index in [4.69, 9.17) is 0 Å². The lowest BCUT2D eigenvalue weighted by atomic mass is 10.1. The van der Waals surface area contributed by atoms with Crippen LogP contribution in [-0.4, -0.2) is 35.3 Å². The van der Waals surface area contributed by atoms with Crippen molar-refractivity contribution in [3.8, 4) is 10.6 Å². The fourth-order valence-corrected chi connectivity index (χ4v) is 5.18. The first-order valence-corrected chi connectivity index (χ1v) is 12.5. The second kappa shape index (κ2) is 9.04. The number of hydrogen-bond acceptors (Lipinski definition) is 7. The van der Waals surface area contributed by atoms with Gasteiger partial charge in [-0.1, -0.05) is 0 Å². The first-order valence-electron chi connectivity index (χ1n) is 10.2. The normalized spacial score (nSPS) is 15.2. The molecule has 1 aromatic carbocycles. The van der Waals surface area contributed by atoms with Gasteiger partial charge in [0.05, 0.1) is 10.9 Å². The van der Waals surface area contributed by atoms with Crippen LogP contribution in [0.25, 0.3) is 10.6 Å². The molecule has 1 aliphatic carbocycles. The highest BCUT2D eigenvalue weighted by Gasteiger charge is 2.34. The molecule has 1 amide bonds. The minimum absolute atomic E-state index is 0.0691. The van der Waals surface area contributed by atoms with Gasteiger partial charge in [0.25, 0.3) is 5.91 Å². The van der Waals surface area contributed by atoms with E-state index in [9.17, 15) is 26.4 Å². The van der Waals surface area contributed by atoms with Crippen LogP contribution >= 0.6 is 11.3 Å². The van der Waals surface area contributed by atoms with Crippen molar-refractivity contribution in [2.75, 3.05) is 0 Å². The van der Waals surface area contributed by atoms with Crippen LogP contribution < -0.4 is 10.0 Å². The molecule has 1 aliphatic rings. The van der Waals surface area contributed by atoms with Gasteiger partial charge < -0.3 is 5.32 Å². The molecule has 2 heterocycles. The van der Waals surface area contributed by atoms with E-state index in [0.717, 1.165) is 30.1 Å². The number of alkyl halides is 3. The minimum atomic E-state index is -4.67. The van der Waals surface area contributed by atoms with Crippen molar-refractivity contribution in [2.45, 2.75) is 49.8 Å². The predicted molar refractivity (Wildman–Crippen MR) is 119 cm³/mol. The lowest BCUT2D eigenvalue weighted by Gasteiger charge is -2.16. The average Bonchev–Trinajstić information content (AvgIpc) is 3.48. The zero-order valence-electron chi connectivity index (χ0n) is 18.0. The molecule has 0 saturated heterocycles. The van der Waals surface area contributed by atoms with Crippen molar-refractivity contribution in [1.29, 1.82) is 0 Å². The average molecular weight is 512 g/mol. The molecule has 34 heavy (non-hydrogen) atoms. The lowest BCUT2D eigenvalue weighted by molar-refractivity contribution is -0.145. The molecule has 4 rings (SSSR count). The lowest BCUT2D eigenvalue weighted by Crippen LogP contribution is -2.28. The van der Waals surface area contributed by atoms with Gasteiger partial charge in [0.1, 0.15) is 5.01 Å². The summed E-state index contributed by atoms with van der Waals surface area (Å²) in [5, 5.41) is 3.21. The number of carbonyl (C=O) groups excluding carboxylic acids is 1. The first kappa shape index (κ1) is 24.2. The maximum atomic E-state index is 13.0. The maximum Gasteiger partial charge on any atom is 0.451 e. The Labute approximate surface area is 197 Å². The molecule has 13 heteroatoms. The van der Waals surface area contributed by atoms with Gasteiger partial charge >= 0.3 is 6.18 Å². The van der Waals surface area contributed by atoms with E-state index in [2.05, 4.69) is 25.0 Å². The van der Waals surface area contributed by atoms with E-state index in [1.54, 1.807) is 13.1 Å². The fourth-order valence-electron chi connectivity index (χ4n) is 3.06. The number of benzene rings is 1. The van der Waals surface area contributed by atoms with Crippen LogP contribution in [0.4, 0.5) is 13.2 Å². The van der Waals surface area contributed by atoms with Gasteiger partial charge in [-0.2, -0.15) is 13.2 Å². The summed E-state index contributed by atoms with van der Waals surface area (Å²) in [5.74, 6) is -1.88. The van der Waals surface area contributed by atoms with Crippen LogP contribution in [0, 0.1) is 6.92 Å². The summed E-state index contributed by atoms with van der Waals surface area (Å²) in [7, 11) is -3.86. The molecule has 2 aromatic heterocycles. The van der Waals surface area contributed by atoms with Crippen LogP contribution in [-0.2, 0) is 16.2 Å². The number of amides is 1. The molecule has 0 spiro atoms. The molecule has 8 nitrogen and oxygen atoms in total. The molecule has 180 valence electrons. The minimum Gasteiger partial charge on any atom is -0.345 e. The fraction of sp³-hybridized carbons (Fsp3) is 0.333. The third kappa shape index (κ3) is 5.59. The molecule has 1 unspecified atom stereocenters. The van der Waals surface area contributed by atoms with Gasteiger partial charge in [-0.3, -0.25) is 4.79 Å².